The number of nitrogens with two attached hydrogens (primary N) is 1. The Morgan fingerprint density at radius 1 is 1.00 bits per heavy atom. The van der Waals surface area contributed by atoms with Crippen molar-refractivity contribution in [3.63, 3.8) is 0 Å². The second-order valence-electron chi connectivity index (χ2n) is 4.13. The van der Waals surface area contributed by atoms with E-state index in [1.165, 1.54) is 36.8 Å². The molecule has 0 heterocycles. The van der Waals surface area contributed by atoms with Gasteiger partial charge >= 0.3 is 0 Å². The van der Waals surface area contributed by atoms with Gasteiger partial charge in [0.1, 0.15) is 0 Å². The van der Waals surface area contributed by atoms with Crippen molar-refractivity contribution in [3.05, 3.63) is 35.4 Å². The van der Waals surface area contributed by atoms with E-state index < -0.39 is 0 Å². The second-order valence-corrected chi connectivity index (χ2v) is 4.13. The molecule has 16 heavy (non-hydrogen) atoms. The highest BCUT2D eigenvalue weighted by molar-refractivity contribution is 5.21. The van der Waals surface area contributed by atoms with Crippen molar-refractivity contribution in [1.29, 1.82) is 0 Å². The van der Waals surface area contributed by atoms with Gasteiger partial charge < -0.3 is 10.5 Å². The average Bonchev–Trinajstić information content (AvgIpc) is 2.34. The molecular formula is C14H23NO. The van der Waals surface area contributed by atoms with Gasteiger partial charge in [-0.25, -0.2) is 0 Å². The molecule has 0 aromatic heterocycles. The SMILES string of the molecule is CCCCCCOCc1ccc(CN)cc1. The minimum absolute atomic E-state index is 0.609. The molecule has 2 heteroatoms. The highest BCUT2D eigenvalue weighted by atomic mass is 16.5. The first-order chi connectivity index (χ1) is 7.86. The maximum Gasteiger partial charge on any atom is 0.0716 e. The van der Waals surface area contributed by atoms with Crippen molar-refractivity contribution in [2.24, 2.45) is 5.73 Å². The first-order valence-corrected chi connectivity index (χ1v) is 6.22. The van der Waals surface area contributed by atoms with Gasteiger partial charge in [0.2, 0.25) is 0 Å². The molecular weight excluding hydrogens is 198 g/mol. The largest absolute Gasteiger partial charge is 0.377 e. The summed E-state index contributed by atoms with van der Waals surface area (Å²) in [7, 11) is 0. The number of rotatable bonds is 8. The summed E-state index contributed by atoms with van der Waals surface area (Å²) in [6.07, 6.45) is 5.05. The molecule has 0 aliphatic heterocycles. The van der Waals surface area contributed by atoms with Crippen LogP contribution in [0.25, 0.3) is 0 Å². The van der Waals surface area contributed by atoms with Crippen molar-refractivity contribution in [2.75, 3.05) is 6.61 Å². The van der Waals surface area contributed by atoms with E-state index in [0.29, 0.717) is 6.54 Å². The van der Waals surface area contributed by atoms with Crippen LogP contribution >= 0.6 is 0 Å². The number of ether oxygens (including phenoxy) is 1. The summed E-state index contributed by atoms with van der Waals surface area (Å²) in [6, 6.07) is 8.31. The Bertz CT molecular complexity index is 269. The zero-order valence-corrected chi connectivity index (χ0v) is 10.2. The van der Waals surface area contributed by atoms with Crippen molar-refractivity contribution in [2.45, 2.75) is 45.8 Å². The standard InChI is InChI=1S/C14H23NO/c1-2-3-4-5-10-16-12-14-8-6-13(11-15)7-9-14/h6-9H,2-5,10-12,15H2,1H3. The Kier molecular flexibility index (Phi) is 6.86. The van der Waals surface area contributed by atoms with Crippen molar-refractivity contribution in [1.82, 2.24) is 0 Å². The molecule has 0 radical (unpaired) electrons. The lowest BCUT2D eigenvalue weighted by molar-refractivity contribution is 0.117. The quantitative estimate of drug-likeness (QED) is 0.684. The summed E-state index contributed by atoms with van der Waals surface area (Å²) in [5.41, 5.74) is 7.94. The van der Waals surface area contributed by atoms with Crippen molar-refractivity contribution >= 4 is 0 Å². The third-order valence-electron chi connectivity index (χ3n) is 2.67. The molecule has 0 aliphatic carbocycles. The van der Waals surface area contributed by atoms with E-state index in [4.69, 9.17) is 10.5 Å². The highest BCUT2D eigenvalue weighted by Crippen LogP contribution is 2.06. The van der Waals surface area contributed by atoms with Crippen LogP contribution in [0.1, 0.15) is 43.7 Å². The molecule has 0 spiro atoms. The van der Waals surface area contributed by atoms with Crippen LogP contribution in [-0.4, -0.2) is 6.61 Å². The minimum Gasteiger partial charge on any atom is -0.377 e. The Morgan fingerprint density at radius 2 is 1.69 bits per heavy atom. The van der Waals surface area contributed by atoms with Crippen LogP contribution in [-0.2, 0) is 17.9 Å². The normalized spacial score (nSPS) is 10.6. The van der Waals surface area contributed by atoms with Gasteiger partial charge in [-0.3, -0.25) is 0 Å². The fraction of sp³-hybridized carbons (Fsp3) is 0.571. The molecule has 0 unspecified atom stereocenters. The third kappa shape index (κ3) is 5.29. The molecule has 0 saturated heterocycles. The predicted octanol–water partition coefficient (Wildman–Crippen LogP) is 3.24. The van der Waals surface area contributed by atoms with Crippen LogP contribution in [0.2, 0.25) is 0 Å². The number of benzene rings is 1. The second kappa shape index (κ2) is 8.31. The fourth-order valence-electron chi connectivity index (χ4n) is 1.59. The molecule has 2 nitrogen and oxygen atoms in total. The van der Waals surface area contributed by atoms with Crippen LogP contribution < -0.4 is 5.73 Å². The smallest absolute Gasteiger partial charge is 0.0716 e. The summed E-state index contributed by atoms with van der Waals surface area (Å²) in [6.45, 7) is 4.42. The van der Waals surface area contributed by atoms with Gasteiger partial charge in [0, 0.05) is 13.2 Å². The summed E-state index contributed by atoms with van der Waals surface area (Å²) < 4.78 is 5.61. The molecule has 0 amide bonds. The summed E-state index contributed by atoms with van der Waals surface area (Å²) >= 11 is 0. The minimum atomic E-state index is 0.609. The lowest BCUT2D eigenvalue weighted by Gasteiger charge is -2.05. The molecule has 1 rings (SSSR count). The molecule has 0 fully saturated rings. The number of hydrogen-bond acceptors (Lipinski definition) is 2. The summed E-state index contributed by atoms with van der Waals surface area (Å²) in [5, 5.41) is 0. The molecule has 0 aliphatic rings. The number of unbranched alkanes of at least 4 members (excludes halogenated alkanes) is 3. The van der Waals surface area contributed by atoms with E-state index in [1.807, 2.05) is 0 Å². The first-order valence-electron chi connectivity index (χ1n) is 6.22. The molecule has 90 valence electrons. The van der Waals surface area contributed by atoms with E-state index >= 15 is 0 Å². The Labute approximate surface area is 98.8 Å². The van der Waals surface area contributed by atoms with Crippen LogP contribution in [0, 0.1) is 0 Å². The average molecular weight is 221 g/mol. The van der Waals surface area contributed by atoms with Crippen LogP contribution in [0.5, 0.6) is 0 Å². The van der Waals surface area contributed by atoms with E-state index in [0.717, 1.165) is 13.2 Å². The molecule has 0 saturated carbocycles. The Morgan fingerprint density at radius 3 is 2.31 bits per heavy atom. The highest BCUT2D eigenvalue weighted by Gasteiger charge is 1.94. The van der Waals surface area contributed by atoms with Gasteiger partial charge in [-0.1, -0.05) is 50.5 Å². The first kappa shape index (κ1) is 13.2. The lowest BCUT2D eigenvalue weighted by atomic mass is 10.1. The summed E-state index contributed by atoms with van der Waals surface area (Å²) in [4.78, 5) is 0. The van der Waals surface area contributed by atoms with E-state index in [9.17, 15) is 0 Å². The molecule has 2 N–H and O–H groups in total. The Balaban J connectivity index is 2.12. The van der Waals surface area contributed by atoms with E-state index in [2.05, 4.69) is 31.2 Å². The fourth-order valence-corrected chi connectivity index (χ4v) is 1.59. The maximum atomic E-state index is 5.61. The van der Waals surface area contributed by atoms with Gasteiger partial charge in [-0.15, -0.1) is 0 Å². The topological polar surface area (TPSA) is 35.2 Å². The van der Waals surface area contributed by atoms with Gasteiger partial charge in [-0.05, 0) is 17.5 Å². The summed E-state index contributed by atoms with van der Waals surface area (Å²) in [5.74, 6) is 0. The maximum absolute atomic E-state index is 5.61. The molecule has 0 bridgehead atoms. The molecule has 1 aromatic rings. The number of hydrogen-bond donors (Lipinski definition) is 1. The Hall–Kier alpha value is -0.860. The zero-order valence-electron chi connectivity index (χ0n) is 10.2. The molecule has 0 atom stereocenters. The van der Waals surface area contributed by atoms with Gasteiger partial charge in [0.05, 0.1) is 6.61 Å². The van der Waals surface area contributed by atoms with Gasteiger partial charge in [-0.2, -0.15) is 0 Å². The van der Waals surface area contributed by atoms with Gasteiger partial charge in [0.25, 0.3) is 0 Å². The van der Waals surface area contributed by atoms with E-state index in [-0.39, 0.29) is 0 Å². The lowest BCUT2D eigenvalue weighted by Crippen LogP contribution is -1.98. The van der Waals surface area contributed by atoms with Crippen LogP contribution in [0.3, 0.4) is 0 Å². The third-order valence-corrected chi connectivity index (χ3v) is 2.67. The van der Waals surface area contributed by atoms with Crippen LogP contribution in [0.15, 0.2) is 24.3 Å². The van der Waals surface area contributed by atoms with Crippen molar-refractivity contribution in [3.8, 4) is 0 Å². The monoisotopic (exact) mass is 221 g/mol. The molecule has 1 aromatic carbocycles. The predicted molar refractivity (Wildman–Crippen MR) is 68.1 cm³/mol. The van der Waals surface area contributed by atoms with Gasteiger partial charge in [0.15, 0.2) is 0 Å². The van der Waals surface area contributed by atoms with Crippen LogP contribution in [0.4, 0.5) is 0 Å². The van der Waals surface area contributed by atoms with Crippen molar-refractivity contribution < 1.29 is 4.74 Å². The zero-order chi connectivity index (χ0) is 11.6. The van der Waals surface area contributed by atoms with E-state index in [1.54, 1.807) is 0 Å².